The number of nitrogens with zero attached hydrogens (tertiary/aromatic N) is 4. The maximum absolute atomic E-state index is 6.29. The number of aromatic nitrogens is 4. The lowest BCUT2D eigenvalue weighted by atomic mass is 10.2. The number of imidazole rings is 1. The number of nitrogens with one attached hydrogen (secondary N) is 2. The fourth-order valence-electron chi connectivity index (χ4n) is 4.15. The Morgan fingerprint density at radius 3 is 3.06 bits per heavy atom. The van der Waals surface area contributed by atoms with E-state index in [2.05, 4.69) is 42.3 Å². The molecule has 0 bridgehead atoms. The maximum Gasteiger partial charge on any atom is 0.162 e. The minimum atomic E-state index is 0.238. The molecule has 1 atom stereocenters. The van der Waals surface area contributed by atoms with Crippen molar-refractivity contribution in [3.63, 3.8) is 0 Å². The van der Waals surface area contributed by atoms with E-state index in [-0.39, 0.29) is 12.1 Å². The van der Waals surface area contributed by atoms with Gasteiger partial charge in [0, 0.05) is 18.7 Å². The van der Waals surface area contributed by atoms with Crippen molar-refractivity contribution in [3.05, 3.63) is 48.6 Å². The second-order valence-corrected chi connectivity index (χ2v) is 8.83. The van der Waals surface area contributed by atoms with Crippen LogP contribution in [0.25, 0.3) is 17.2 Å². The molecule has 1 fully saturated rings. The Bertz CT molecular complexity index is 1070. The molecular formula is C26H36N6O3. The fourth-order valence-corrected chi connectivity index (χ4v) is 4.15. The molecule has 9 nitrogen and oxygen atoms in total. The van der Waals surface area contributed by atoms with Gasteiger partial charge in [0.15, 0.2) is 11.5 Å². The third-order valence-electron chi connectivity index (χ3n) is 5.86. The number of hydrogen-bond donors (Lipinski definition) is 2. The van der Waals surface area contributed by atoms with E-state index < -0.39 is 0 Å². The minimum Gasteiger partial charge on any atom is -0.491 e. The molecular weight excluding hydrogens is 444 g/mol. The number of benzene rings is 1. The molecule has 2 aromatic heterocycles. The predicted octanol–water partition coefficient (Wildman–Crippen LogP) is 3.79. The molecule has 3 aromatic rings. The molecule has 9 heteroatoms. The van der Waals surface area contributed by atoms with Crippen molar-refractivity contribution in [2.24, 2.45) is 0 Å². The smallest absolute Gasteiger partial charge is 0.162 e. The highest BCUT2D eigenvalue weighted by atomic mass is 16.5. The first-order valence-electron chi connectivity index (χ1n) is 12.4. The van der Waals surface area contributed by atoms with E-state index in [1.54, 1.807) is 12.7 Å². The zero-order chi connectivity index (χ0) is 24.3. The molecule has 2 N–H and O–H groups in total. The summed E-state index contributed by atoms with van der Waals surface area (Å²) in [5.41, 5.74) is 2.60. The second-order valence-electron chi connectivity index (χ2n) is 8.83. The van der Waals surface area contributed by atoms with Gasteiger partial charge >= 0.3 is 0 Å². The first-order chi connectivity index (χ1) is 17.2. The first-order valence-corrected chi connectivity index (χ1v) is 12.4. The molecule has 1 aromatic carbocycles. The van der Waals surface area contributed by atoms with Crippen molar-refractivity contribution >= 4 is 23.1 Å². The van der Waals surface area contributed by atoms with Crippen LogP contribution in [0.3, 0.4) is 0 Å². The zero-order valence-electron chi connectivity index (χ0n) is 20.7. The van der Waals surface area contributed by atoms with Crippen LogP contribution < -0.4 is 15.0 Å². The van der Waals surface area contributed by atoms with Crippen LogP contribution >= 0.6 is 0 Å². The number of anilines is 1. The summed E-state index contributed by atoms with van der Waals surface area (Å²) < 4.78 is 17.5. The molecule has 1 aliphatic rings. The van der Waals surface area contributed by atoms with Gasteiger partial charge in [-0.1, -0.05) is 30.4 Å². The van der Waals surface area contributed by atoms with Gasteiger partial charge in [-0.25, -0.2) is 15.0 Å². The molecule has 4 rings (SSSR count). The van der Waals surface area contributed by atoms with E-state index in [1.807, 2.05) is 38.1 Å². The van der Waals surface area contributed by atoms with E-state index in [4.69, 9.17) is 14.2 Å². The van der Waals surface area contributed by atoms with Gasteiger partial charge in [-0.15, -0.1) is 0 Å². The van der Waals surface area contributed by atoms with Crippen LogP contribution in [-0.4, -0.2) is 71.7 Å². The van der Waals surface area contributed by atoms with Crippen LogP contribution in [-0.2, 0) is 9.47 Å². The number of H-pyrrole nitrogens is 1. The van der Waals surface area contributed by atoms with E-state index in [9.17, 15) is 0 Å². The lowest BCUT2D eigenvalue weighted by Crippen LogP contribution is -2.35. The molecule has 35 heavy (non-hydrogen) atoms. The van der Waals surface area contributed by atoms with Crippen molar-refractivity contribution in [1.29, 1.82) is 0 Å². The van der Waals surface area contributed by atoms with E-state index in [0.29, 0.717) is 19.9 Å². The van der Waals surface area contributed by atoms with Gasteiger partial charge in [0.2, 0.25) is 0 Å². The van der Waals surface area contributed by atoms with Crippen LogP contribution in [0, 0.1) is 0 Å². The number of ether oxygens (including phenoxy) is 3. The molecule has 0 amide bonds. The Morgan fingerprint density at radius 1 is 1.23 bits per heavy atom. The SMILES string of the molecule is CC(C)OCCCNCOC/C=C/c1ccccc1OC[C@H]1CCCN1c1ncnc2[nH]cnc12. The highest BCUT2D eigenvalue weighted by molar-refractivity contribution is 5.83. The van der Waals surface area contributed by atoms with Crippen molar-refractivity contribution in [2.45, 2.75) is 45.3 Å². The Morgan fingerprint density at radius 2 is 2.14 bits per heavy atom. The predicted molar refractivity (Wildman–Crippen MR) is 138 cm³/mol. The third kappa shape index (κ3) is 7.24. The molecule has 0 radical (unpaired) electrons. The third-order valence-corrected chi connectivity index (χ3v) is 5.86. The van der Waals surface area contributed by atoms with Crippen molar-refractivity contribution < 1.29 is 14.2 Å². The highest BCUT2D eigenvalue weighted by Crippen LogP contribution is 2.29. The molecule has 1 saturated heterocycles. The summed E-state index contributed by atoms with van der Waals surface area (Å²) in [5, 5.41) is 3.27. The van der Waals surface area contributed by atoms with Gasteiger partial charge < -0.3 is 24.1 Å². The van der Waals surface area contributed by atoms with Crippen LogP contribution in [0.2, 0.25) is 0 Å². The molecule has 3 heterocycles. The van der Waals surface area contributed by atoms with Crippen molar-refractivity contribution in [2.75, 3.05) is 44.5 Å². The Hall–Kier alpha value is -3.01. The highest BCUT2D eigenvalue weighted by Gasteiger charge is 2.28. The maximum atomic E-state index is 6.29. The molecule has 0 unspecified atom stereocenters. The number of rotatable bonds is 14. The fraction of sp³-hybridized carbons (Fsp3) is 0.500. The summed E-state index contributed by atoms with van der Waals surface area (Å²) in [4.78, 5) is 18.5. The van der Waals surface area contributed by atoms with Gasteiger partial charge in [-0.2, -0.15) is 0 Å². The van der Waals surface area contributed by atoms with Crippen LogP contribution in [0.15, 0.2) is 43.0 Å². The first kappa shape index (κ1) is 25.1. The normalized spacial score (nSPS) is 16.2. The standard InChI is InChI=1S/C26H36N6O3/c1-20(2)34-15-7-12-27-19-33-14-6-9-21-8-3-4-11-23(21)35-16-22-10-5-13-32(22)26-24-25(29-17-28-24)30-18-31-26/h3-4,6,8-9,11,17-18,20,22,27H,5,7,10,12-16,19H2,1-2H3,(H,28,29,30,31)/b9-6+/t22-/m1/s1. The Labute approximate surface area is 206 Å². The van der Waals surface area contributed by atoms with Gasteiger partial charge in [-0.3, -0.25) is 5.32 Å². The number of aromatic amines is 1. The number of fused-ring (bicyclic) bond motifs is 1. The van der Waals surface area contributed by atoms with Gasteiger partial charge in [0.25, 0.3) is 0 Å². The quantitative estimate of drug-likeness (QED) is 0.266. The van der Waals surface area contributed by atoms with Gasteiger partial charge in [-0.05, 0) is 45.7 Å². The van der Waals surface area contributed by atoms with E-state index in [1.165, 1.54) is 0 Å². The van der Waals surface area contributed by atoms with Crippen molar-refractivity contribution in [1.82, 2.24) is 25.3 Å². The largest absolute Gasteiger partial charge is 0.491 e. The Kier molecular flexibility index (Phi) is 9.45. The molecule has 188 valence electrons. The Balaban J connectivity index is 1.24. The monoisotopic (exact) mass is 480 g/mol. The van der Waals surface area contributed by atoms with E-state index in [0.717, 1.165) is 67.3 Å². The average molecular weight is 481 g/mol. The number of hydrogen-bond acceptors (Lipinski definition) is 8. The van der Waals surface area contributed by atoms with Crippen LogP contribution in [0.5, 0.6) is 5.75 Å². The van der Waals surface area contributed by atoms with Crippen LogP contribution in [0.4, 0.5) is 5.82 Å². The lowest BCUT2D eigenvalue weighted by molar-refractivity contribution is 0.0742. The summed E-state index contributed by atoms with van der Waals surface area (Å²) in [6.07, 6.45) is 10.7. The summed E-state index contributed by atoms with van der Waals surface area (Å²) >= 11 is 0. The van der Waals surface area contributed by atoms with Gasteiger partial charge in [0.05, 0.1) is 31.8 Å². The topological polar surface area (TPSA) is 97.4 Å². The average Bonchev–Trinajstić information content (AvgIpc) is 3.54. The lowest BCUT2D eigenvalue weighted by Gasteiger charge is -2.26. The van der Waals surface area contributed by atoms with E-state index >= 15 is 0 Å². The summed E-state index contributed by atoms with van der Waals surface area (Å²) in [7, 11) is 0. The number of para-hydroxylation sites is 1. The summed E-state index contributed by atoms with van der Waals surface area (Å²) in [6.45, 7) is 8.33. The van der Waals surface area contributed by atoms with Crippen LogP contribution in [0.1, 0.15) is 38.7 Å². The summed E-state index contributed by atoms with van der Waals surface area (Å²) in [5.74, 6) is 1.74. The van der Waals surface area contributed by atoms with Crippen molar-refractivity contribution in [3.8, 4) is 5.75 Å². The van der Waals surface area contributed by atoms with Gasteiger partial charge in [0.1, 0.15) is 24.2 Å². The molecule has 1 aliphatic heterocycles. The summed E-state index contributed by atoms with van der Waals surface area (Å²) in [6, 6.07) is 8.33. The minimum absolute atomic E-state index is 0.238. The second kappa shape index (κ2) is 13.2. The zero-order valence-corrected chi connectivity index (χ0v) is 20.7. The molecule has 0 aliphatic carbocycles. The molecule has 0 spiro atoms. The molecule has 0 saturated carbocycles.